The molecule has 0 aliphatic heterocycles. The maximum Gasteiger partial charge on any atom is 0.158 e. The maximum atomic E-state index is 9.76. The SMILES string of the molecule is CC[PH](=O)Cl. The highest BCUT2D eigenvalue weighted by Gasteiger charge is 1.77. The van der Waals surface area contributed by atoms with Gasteiger partial charge >= 0.3 is 0 Å². The van der Waals surface area contributed by atoms with Gasteiger partial charge < -0.3 is 4.57 Å². The monoisotopic (exact) mass is 112 g/mol. The van der Waals surface area contributed by atoms with Gasteiger partial charge in [0.25, 0.3) is 0 Å². The summed E-state index contributed by atoms with van der Waals surface area (Å²) in [7, 11) is -1.65. The second kappa shape index (κ2) is 2.74. The Kier molecular flexibility index (Phi) is 3.03. The van der Waals surface area contributed by atoms with Crippen LogP contribution in [0.1, 0.15) is 6.92 Å². The zero-order valence-corrected chi connectivity index (χ0v) is 4.75. The fourth-order valence-corrected chi connectivity index (χ4v) is 0. The Morgan fingerprint density at radius 3 is 2.20 bits per heavy atom. The maximum absolute atomic E-state index is 9.76. The van der Waals surface area contributed by atoms with Crippen molar-refractivity contribution in [2.24, 2.45) is 0 Å². The van der Waals surface area contributed by atoms with E-state index in [1.165, 1.54) is 0 Å². The highest BCUT2D eigenvalue weighted by atomic mass is 35.7. The third-order valence-electron chi connectivity index (χ3n) is 0.278. The van der Waals surface area contributed by atoms with Gasteiger partial charge in [-0.2, -0.15) is 0 Å². The summed E-state index contributed by atoms with van der Waals surface area (Å²) in [4.78, 5) is 0. The molecule has 0 aliphatic rings. The summed E-state index contributed by atoms with van der Waals surface area (Å²) in [6.45, 7) is 1.80. The van der Waals surface area contributed by atoms with E-state index < -0.39 is 7.15 Å². The summed E-state index contributed by atoms with van der Waals surface area (Å²) in [6.07, 6.45) is 0.617. The normalized spacial score (nSPS) is 14.8. The molecule has 0 amide bonds. The van der Waals surface area contributed by atoms with Crippen molar-refractivity contribution in [3.05, 3.63) is 0 Å². The van der Waals surface area contributed by atoms with Crippen molar-refractivity contribution in [3.8, 4) is 0 Å². The largest absolute Gasteiger partial charge is 0.310 e. The van der Waals surface area contributed by atoms with Crippen LogP contribution >= 0.6 is 18.4 Å². The van der Waals surface area contributed by atoms with E-state index in [1.807, 2.05) is 0 Å². The minimum atomic E-state index is -1.65. The van der Waals surface area contributed by atoms with Crippen molar-refractivity contribution in [2.45, 2.75) is 6.92 Å². The Hall–Kier alpha value is 0.520. The van der Waals surface area contributed by atoms with Crippen molar-refractivity contribution in [3.63, 3.8) is 0 Å². The Labute approximate surface area is 36.9 Å². The number of rotatable bonds is 1. The Balaban J connectivity index is 2.85. The molecule has 0 bridgehead atoms. The van der Waals surface area contributed by atoms with Gasteiger partial charge in [0, 0.05) is 6.16 Å². The average Bonchev–Trinajstić information content (AvgIpc) is 1.38. The van der Waals surface area contributed by atoms with Crippen LogP contribution in [0.15, 0.2) is 0 Å². The molecule has 0 aromatic heterocycles. The Bertz CT molecular complexity index is 44.9. The molecule has 1 atom stereocenters. The first-order valence-corrected chi connectivity index (χ1v) is 4.08. The summed E-state index contributed by atoms with van der Waals surface area (Å²) in [5, 5.41) is 0. The van der Waals surface area contributed by atoms with E-state index in [0.29, 0.717) is 6.16 Å². The number of halogens is 1. The lowest BCUT2D eigenvalue weighted by Gasteiger charge is -1.71. The van der Waals surface area contributed by atoms with Crippen LogP contribution in [-0.2, 0) is 4.57 Å². The second-order valence-electron chi connectivity index (χ2n) is 0.709. The lowest BCUT2D eigenvalue weighted by Crippen LogP contribution is -1.48. The van der Waals surface area contributed by atoms with Crippen LogP contribution in [0.3, 0.4) is 0 Å². The molecule has 0 aliphatic carbocycles. The third-order valence-corrected chi connectivity index (χ3v) is 1.64. The van der Waals surface area contributed by atoms with E-state index in [4.69, 9.17) is 11.2 Å². The first-order valence-electron chi connectivity index (χ1n) is 1.45. The molecule has 0 N–H and O–H groups in total. The predicted molar refractivity (Wildman–Crippen MR) is 25.4 cm³/mol. The van der Waals surface area contributed by atoms with Crippen LogP contribution in [0.4, 0.5) is 0 Å². The molecule has 0 saturated heterocycles. The van der Waals surface area contributed by atoms with Gasteiger partial charge in [0.2, 0.25) is 0 Å². The van der Waals surface area contributed by atoms with Gasteiger partial charge in [0.05, 0.1) is 0 Å². The molecule has 1 unspecified atom stereocenters. The molecule has 0 fully saturated rings. The zero-order valence-electron chi connectivity index (χ0n) is 2.99. The van der Waals surface area contributed by atoms with Crippen molar-refractivity contribution in [2.75, 3.05) is 6.16 Å². The zero-order chi connectivity index (χ0) is 4.28. The standard InChI is InChI=1S/C2H6ClOP/c1-2-5(3)4/h5H,2H2,1H3. The Morgan fingerprint density at radius 1 is 2.00 bits per heavy atom. The molecular weight excluding hydrogens is 106 g/mol. The minimum Gasteiger partial charge on any atom is -0.310 e. The highest BCUT2D eigenvalue weighted by molar-refractivity contribution is 7.73. The summed E-state index contributed by atoms with van der Waals surface area (Å²) >= 11 is 5.01. The lowest BCUT2D eigenvalue weighted by molar-refractivity contribution is 0.596. The molecule has 0 spiro atoms. The molecule has 0 radical (unpaired) electrons. The minimum absolute atomic E-state index is 0.617. The first kappa shape index (κ1) is 5.52. The van der Waals surface area contributed by atoms with Crippen LogP contribution in [0.25, 0.3) is 0 Å². The molecule has 0 saturated carbocycles. The van der Waals surface area contributed by atoms with E-state index in [0.717, 1.165) is 0 Å². The predicted octanol–water partition coefficient (Wildman–Crippen LogP) is 1.72. The van der Waals surface area contributed by atoms with Crippen molar-refractivity contribution in [1.82, 2.24) is 0 Å². The van der Waals surface area contributed by atoms with E-state index >= 15 is 0 Å². The number of hydrogen-bond donors (Lipinski definition) is 0. The van der Waals surface area contributed by atoms with E-state index in [2.05, 4.69) is 0 Å². The van der Waals surface area contributed by atoms with Gasteiger partial charge in [-0.25, -0.2) is 0 Å². The Morgan fingerprint density at radius 2 is 2.20 bits per heavy atom. The summed E-state index contributed by atoms with van der Waals surface area (Å²) < 4.78 is 9.76. The van der Waals surface area contributed by atoms with E-state index in [1.54, 1.807) is 6.92 Å². The van der Waals surface area contributed by atoms with Gasteiger partial charge in [-0.15, -0.1) is 0 Å². The first-order chi connectivity index (χ1) is 2.27. The summed E-state index contributed by atoms with van der Waals surface area (Å²) in [5.74, 6) is 0. The molecule has 32 valence electrons. The van der Waals surface area contributed by atoms with E-state index in [9.17, 15) is 4.57 Å². The summed E-state index contributed by atoms with van der Waals surface area (Å²) in [5.41, 5.74) is 0. The van der Waals surface area contributed by atoms with Gasteiger partial charge in [-0.1, -0.05) is 18.2 Å². The molecule has 1 nitrogen and oxygen atoms in total. The molecule has 0 aromatic carbocycles. The molecule has 0 heterocycles. The van der Waals surface area contributed by atoms with Crippen LogP contribution in [0, 0.1) is 0 Å². The van der Waals surface area contributed by atoms with Crippen molar-refractivity contribution in [1.29, 1.82) is 0 Å². The van der Waals surface area contributed by atoms with Gasteiger partial charge in [0.1, 0.15) is 0 Å². The molecule has 0 aromatic rings. The van der Waals surface area contributed by atoms with Crippen LogP contribution in [0.2, 0.25) is 0 Å². The third kappa shape index (κ3) is 4.52. The average molecular weight is 112 g/mol. The van der Waals surface area contributed by atoms with Gasteiger partial charge in [-0.3, -0.25) is 0 Å². The van der Waals surface area contributed by atoms with Gasteiger partial charge in [-0.05, 0) is 0 Å². The lowest BCUT2D eigenvalue weighted by atomic mass is 11.0. The van der Waals surface area contributed by atoms with Gasteiger partial charge in [0.15, 0.2) is 7.15 Å². The second-order valence-corrected chi connectivity index (χ2v) is 3.39. The van der Waals surface area contributed by atoms with Crippen molar-refractivity contribution >= 4 is 18.4 Å². The van der Waals surface area contributed by atoms with E-state index in [-0.39, 0.29) is 0 Å². The van der Waals surface area contributed by atoms with Crippen LogP contribution in [-0.4, -0.2) is 6.16 Å². The molecular formula is C2H6ClOP. The molecule has 5 heavy (non-hydrogen) atoms. The molecule has 3 heteroatoms. The number of hydrogen-bond acceptors (Lipinski definition) is 1. The fraction of sp³-hybridized carbons (Fsp3) is 1.00. The fourth-order valence-electron chi connectivity index (χ4n) is 0. The quantitative estimate of drug-likeness (QED) is 0.472. The van der Waals surface area contributed by atoms with Crippen LogP contribution in [0.5, 0.6) is 0 Å². The summed E-state index contributed by atoms with van der Waals surface area (Å²) in [6, 6.07) is 0. The van der Waals surface area contributed by atoms with Crippen LogP contribution < -0.4 is 0 Å². The topological polar surface area (TPSA) is 17.1 Å². The smallest absolute Gasteiger partial charge is 0.158 e. The highest BCUT2D eigenvalue weighted by Crippen LogP contribution is 2.23. The van der Waals surface area contributed by atoms with Crippen molar-refractivity contribution < 1.29 is 4.57 Å². The molecule has 0 rings (SSSR count).